The van der Waals surface area contributed by atoms with Gasteiger partial charge in [-0.3, -0.25) is 4.98 Å². The van der Waals surface area contributed by atoms with E-state index < -0.39 is 0 Å². The lowest BCUT2D eigenvalue weighted by molar-refractivity contribution is 0.222. The first-order valence-electron chi connectivity index (χ1n) is 6.93. The van der Waals surface area contributed by atoms with Crippen LogP contribution in [0.25, 0.3) is 0 Å². The maximum absolute atomic E-state index is 5.66. The Morgan fingerprint density at radius 1 is 1.29 bits per heavy atom. The number of nitrogen functional groups attached to an aromatic ring is 1. The van der Waals surface area contributed by atoms with Crippen molar-refractivity contribution in [1.29, 1.82) is 0 Å². The number of aryl methyl sites for hydroxylation is 1. The third-order valence-electron chi connectivity index (χ3n) is 2.75. The molecular weight excluding hydrogens is 268 g/mol. The largest absolute Gasteiger partial charge is 0.461 e. The van der Waals surface area contributed by atoms with Crippen LogP contribution >= 0.6 is 0 Å². The fraction of sp³-hybridized carbons (Fsp3) is 0.429. The molecule has 0 bridgehead atoms. The molecular formula is C14H20N6O. The lowest BCUT2D eigenvalue weighted by atomic mass is 10.1. The second-order valence-corrected chi connectivity index (χ2v) is 4.78. The zero-order chi connectivity index (χ0) is 15.2. The van der Waals surface area contributed by atoms with Crippen molar-refractivity contribution in [3.8, 4) is 6.01 Å². The lowest BCUT2D eigenvalue weighted by Crippen LogP contribution is -2.13. The predicted octanol–water partition coefficient (Wildman–Crippen LogP) is 1.81. The van der Waals surface area contributed by atoms with Crippen molar-refractivity contribution in [2.45, 2.75) is 39.8 Å². The van der Waals surface area contributed by atoms with Crippen LogP contribution in [0.4, 0.5) is 11.9 Å². The maximum Gasteiger partial charge on any atom is 0.323 e. The number of hydrogen-bond acceptors (Lipinski definition) is 7. The van der Waals surface area contributed by atoms with Gasteiger partial charge in [0.05, 0.1) is 18.3 Å². The van der Waals surface area contributed by atoms with Crippen LogP contribution in [0.5, 0.6) is 6.01 Å². The Bertz CT molecular complexity index is 602. The molecule has 3 N–H and O–H groups in total. The molecule has 112 valence electrons. The number of nitrogens with zero attached hydrogens (tertiary/aromatic N) is 4. The molecule has 2 aromatic heterocycles. The minimum Gasteiger partial charge on any atom is -0.461 e. The van der Waals surface area contributed by atoms with Crippen LogP contribution in [0.1, 0.15) is 32.0 Å². The molecule has 2 rings (SSSR count). The van der Waals surface area contributed by atoms with Crippen molar-refractivity contribution < 1.29 is 4.74 Å². The van der Waals surface area contributed by atoms with Crippen LogP contribution in [0.2, 0.25) is 0 Å². The summed E-state index contributed by atoms with van der Waals surface area (Å²) in [6, 6.07) is 4.20. The third-order valence-corrected chi connectivity index (χ3v) is 2.75. The predicted molar refractivity (Wildman–Crippen MR) is 80.9 cm³/mol. The Morgan fingerprint density at radius 3 is 2.81 bits per heavy atom. The Hall–Kier alpha value is -2.44. The molecule has 2 aromatic rings. The van der Waals surface area contributed by atoms with E-state index in [1.54, 1.807) is 6.20 Å². The summed E-state index contributed by atoms with van der Waals surface area (Å²) in [7, 11) is 0. The zero-order valence-electron chi connectivity index (χ0n) is 12.5. The van der Waals surface area contributed by atoms with Crippen LogP contribution in [-0.4, -0.2) is 26.0 Å². The molecule has 0 amide bonds. The fourth-order valence-corrected chi connectivity index (χ4v) is 1.83. The highest BCUT2D eigenvalue weighted by atomic mass is 16.5. The van der Waals surface area contributed by atoms with E-state index in [0.29, 0.717) is 12.5 Å². The average Bonchev–Trinajstić information content (AvgIpc) is 2.44. The number of pyridine rings is 1. The Labute approximate surface area is 124 Å². The van der Waals surface area contributed by atoms with Gasteiger partial charge < -0.3 is 15.8 Å². The third kappa shape index (κ3) is 4.27. The van der Waals surface area contributed by atoms with E-state index in [1.807, 2.05) is 19.9 Å². The second-order valence-electron chi connectivity index (χ2n) is 4.78. The molecule has 0 radical (unpaired) electrons. The molecule has 0 spiro atoms. The fourth-order valence-electron chi connectivity index (χ4n) is 1.83. The Balaban J connectivity index is 2.10. The molecule has 0 aromatic carbocycles. The summed E-state index contributed by atoms with van der Waals surface area (Å²) in [4.78, 5) is 16.5. The van der Waals surface area contributed by atoms with Gasteiger partial charge in [0.2, 0.25) is 11.9 Å². The van der Waals surface area contributed by atoms with E-state index in [1.165, 1.54) is 5.56 Å². The summed E-state index contributed by atoms with van der Waals surface area (Å²) in [6.07, 6.45) is 2.67. The molecule has 0 saturated carbocycles. The van der Waals surface area contributed by atoms with Crippen molar-refractivity contribution in [3.63, 3.8) is 0 Å². The van der Waals surface area contributed by atoms with Crippen LogP contribution in [-0.2, 0) is 13.0 Å². The summed E-state index contributed by atoms with van der Waals surface area (Å²) in [6.45, 7) is 6.41. The van der Waals surface area contributed by atoms with Crippen molar-refractivity contribution in [2.24, 2.45) is 0 Å². The van der Waals surface area contributed by atoms with E-state index in [2.05, 4.69) is 38.2 Å². The van der Waals surface area contributed by atoms with Crippen LogP contribution < -0.4 is 15.8 Å². The molecule has 0 fully saturated rings. The first-order valence-corrected chi connectivity index (χ1v) is 6.93. The van der Waals surface area contributed by atoms with E-state index in [0.717, 1.165) is 12.1 Å². The van der Waals surface area contributed by atoms with Gasteiger partial charge in [0.15, 0.2) is 0 Å². The number of aromatic nitrogens is 4. The quantitative estimate of drug-likeness (QED) is 0.836. The molecule has 0 atom stereocenters. The molecule has 0 aliphatic rings. The van der Waals surface area contributed by atoms with Gasteiger partial charge in [-0.1, -0.05) is 13.0 Å². The molecule has 0 unspecified atom stereocenters. The molecule has 0 aliphatic carbocycles. The molecule has 7 heteroatoms. The number of ether oxygens (including phenoxy) is 1. The highest BCUT2D eigenvalue weighted by Gasteiger charge is 2.08. The maximum atomic E-state index is 5.66. The topological polar surface area (TPSA) is 98.8 Å². The van der Waals surface area contributed by atoms with Crippen molar-refractivity contribution in [3.05, 3.63) is 29.6 Å². The molecule has 7 nitrogen and oxygen atoms in total. The van der Waals surface area contributed by atoms with Crippen molar-refractivity contribution >= 4 is 11.9 Å². The van der Waals surface area contributed by atoms with Gasteiger partial charge in [-0.15, -0.1) is 0 Å². The van der Waals surface area contributed by atoms with Crippen LogP contribution in [0, 0.1) is 0 Å². The van der Waals surface area contributed by atoms with Gasteiger partial charge in [0.25, 0.3) is 0 Å². The number of nitrogens with one attached hydrogen (secondary N) is 1. The van der Waals surface area contributed by atoms with E-state index >= 15 is 0 Å². The average molecular weight is 288 g/mol. The van der Waals surface area contributed by atoms with E-state index in [9.17, 15) is 0 Å². The molecule has 0 saturated heterocycles. The molecule has 0 aliphatic heterocycles. The minimum absolute atomic E-state index is 0.0258. The van der Waals surface area contributed by atoms with Crippen molar-refractivity contribution in [1.82, 2.24) is 19.9 Å². The smallest absolute Gasteiger partial charge is 0.323 e. The van der Waals surface area contributed by atoms with Gasteiger partial charge in [-0.05, 0) is 31.9 Å². The molecule has 2 heterocycles. The highest BCUT2D eigenvalue weighted by molar-refractivity contribution is 5.34. The normalized spacial score (nSPS) is 10.7. The summed E-state index contributed by atoms with van der Waals surface area (Å²) >= 11 is 0. The van der Waals surface area contributed by atoms with Crippen LogP contribution in [0.15, 0.2) is 18.3 Å². The summed E-state index contributed by atoms with van der Waals surface area (Å²) in [5, 5.41) is 3.11. The lowest BCUT2D eigenvalue weighted by Gasteiger charge is -2.11. The number of hydrogen-bond donors (Lipinski definition) is 2. The Kier molecular flexibility index (Phi) is 4.86. The summed E-state index contributed by atoms with van der Waals surface area (Å²) in [5.74, 6) is 0.505. The monoisotopic (exact) mass is 288 g/mol. The summed E-state index contributed by atoms with van der Waals surface area (Å²) in [5.41, 5.74) is 7.81. The van der Waals surface area contributed by atoms with Crippen molar-refractivity contribution in [2.75, 3.05) is 11.1 Å². The van der Waals surface area contributed by atoms with E-state index in [-0.39, 0.29) is 18.1 Å². The summed E-state index contributed by atoms with van der Waals surface area (Å²) < 4.78 is 5.43. The van der Waals surface area contributed by atoms with Gasteiger partial charge in [0, 0.05) is 6.20 Å². The Morgan fingerprint density at radius 2 is 2.10 bits per heavy atom. The number of nitrogens with two attached hydrogens (primary N) is 1. The zero-order valence-corrected chi connectivity index (χ0v) is 12.5. The van der Waals surface area contributed by atoms with Gasteiger partial charge in [0.1, 0.15) is 0 Å². The van der Waals surface area contributed by atoms with E-state index in [4.69, 9.17) is 10.5 Å². The highest BCUT2D eigenvalue weighted by Crippen LogP contribution is 2.12. The number of anilines is 2. The van der Waals surface area contributed by atoms with Crippen LogP contribution in [0.3, 0.4) is 0 Å². The second kappa shape index (κ2) is 6.83. The standard InChI is InChI=1S/C14H20N6O/c1-4-10-6-5-7-16-11(10)8-17-13-18-12(15)19-14(20-13)21-9(2)3/h5-7,9H,4,8H2,1-3H3,(H3,15,17,18,19,20). The van der Waals surface area contributed by atoms with Gasteiger partial charge in [-0.25, -0.2) is 0 Å². The van der Waals surface area contributed by atoms with Gasteiger partial charge >= 0.3 is 6.01 Å². The first-order chi connectivity index (χ1) is 10.1. The van der Waals surface area contributed by atoms with Gasteiger partial charge in [-0.2, -0.15) is 15.0 Å². The molecule has 21 heavy (non-hydrogen) atoms. The first kappa shape index (κ1) is 15.0. The SMILES string of the molecule is CCc1cccnc1CNc1nc(N)nc(OC(C)C)n1. The number of rotatable bonds is 6. The minimum atomic E-state index is -0.0258.